The van der Waals surface area contributed by atoms with Crippen LogP contribution in [-0.2, 0) is 0 Å². The highest BCUT2D eigenvalue weighted by Gasteiger charge is 2.23. The molecule has 1 aliphatic carbocycles. The van der Waals surface area contributed by atoms with Crippen molar-refractivity contribution in [3.63, 3.8) is 0 Å². The van der Waals surface area contributed by atoms with E-state index < -0.39 is 0 Å². The maximum atomic E-state index is 3.61. The Morgan fingerprint density at radius 2 is 2.17 bits per heavy atom. The molecule has 0 aromatic carbocycles. The highest BCUT2D eigenvalue weighted by atomic mass is 15.0. The zero-order chi connectivity index (χ0) is 8.39. The average molecular weight is 168 g/mol. The molecule has 1 saturated carbocycles. The maximum absolute atomic E-state index is 3.61. The maximum Gasteiger partial charge on any atom is 0.00683 e. The summed E-state index contributed by atoms with van der Waals surface area (Å²) in [6.45, 7) is 6.03. The standard InChI is InChI=1S/C10H20N2/c1-8-4-9(6-11-5-8)7-12-10-2-3-10/h8-12H,2-7H2,1H3. The Kier molecular flexibility index (Phi) is 2.66. The van der Waals surface area contributed by atoms with Crippen molar-refractivity contribution in [3.05, 3.63) is 0 Å². The number of piperidine rings is 1. The van der Waals surface area contributed by atoms with E-state index in [0.29, 0.717) is 0 Å². The van der Waals surface area contributed by atoms with Gasteiger partial charge >= 0.3 is 0 Å². The fourth-order valence-corrected chi connectivity index (χ4v) is 2.05. The van der Waals surface area contributed by atoms with Crippen molar-refractivity contribution in [2.75, 3.05) is 19.6 Å². The number of hydrogen-bond acceptors (Lipinski definition) is 2. The van der Waals surface area contributed by atoms with Gasteiger partial charge in [0.15, 0.2) is 0 Å². The van der Waals surface area contributed by atoms with Crippen LogP contribution < -0.4 is 10.6 Å². The fraction of sp³-hybridized carbons (Fsp3) is 1.00. The van der Waals surface area contributed by atoms with Crippen LogP contribution in [0.15, 0.2) is 0 Å². The minimum absolute atomic E-state index is 0.877. The lowest BCUT2D eigenvalue weighted by atomic mass is 9.92. The summed E-state index contributed by atoms with van der Waals surface area (Å²) in [6.07, 6.45) is 4.23. The Bertz CT molecular complexity index is 143. The predicted octanol–water partition coefficient (Wildman–Crippen LogP) is 0.984. The second kappa shape index (κ2) is 3.75. The summed E-state index contributed by atoms with van der Waals surface area (Å²) >= 11 is 0. The Morgan fingerprint density at radius 1 is 1.33 bits per heavy atom. The first kappa shape index (κ1) is 8.52. The molecule has 0 amide bonds. The molecule has 12 heavy (non-hydrogen) atoms. The van der Waals surface area contributed by atoms with Crippen molar-refractivity contribution >= 4 is 0 Å². The molecule has 0 spiro atoms. The van der Waals surface area contributed by atoms with Gasteiger partial charge in [-0.3, -0.25) is 0 Å². The summed E-state index contributed by atoms with van der Waals surface area (Å²) < 4.78 is 0. The first-order chi connectivity index (χ1) is 5.84. The molecular formula is C10H20N2. The molecule has 2 fully saturated rings. The normalized spacial score (nSPS) is 36.8. The lowest BCUT2D eigenvalue weighted by Gasteiger charge is -2.27. The van der Waals surface area contributed by atoms with Crippen molar-refractivity contribution in [1.82, 2.24) is 10.6 Å². The molecule has 0 bridgehead atoms. The van der Waals surface area contributed by atoms with Gasteiger partial charge in [-0.1, -0.05) is 6.92 Å². The molecule has 2 aliphatic rings. The summed E-state index contributed by atoms with van der Waals surface area (Å²) in [5.74, 6) is 1.76. The largest absolute Gasteiger partial charge is 0.316 e. The van der Waals surface area contributed by atoms with Crippen molar-refractivity contribution in [2.45, 2.75) is 32.2 Å². The highest BCUT2D eigenvalue weighted by Crippen LogP contribution is 2.20. The average Bonchev–Trinajstić information content (AvgIpc) is 2.84. The van der Waals surface area contributed by atoms with Crippen LogP contribution >= 0.6 is 0 Å². The van der Waals surface area contributed by atoms with Crippen LogP contribution in [0.3, 0.4) is 0 Å². The molecule has 0 aromatic rings. The molecule has 1 heterocycles. The molecule has 2 atom stereocenters. The number of hydrogen-bond donors (Lipinski definition) is 2. The van der Waals surface area contributed by atoms with Crippen molar-refractivity contribution in [2.24, 2.45) is 11.8 Å². The van der Waals surface area contributed by atoms with E-state index in [-0.39, 0.29) is 0 Å². The Hall–Kier alpha value is -0.0800. The summed E-state index contributed by atoms with van der Waals surface area (Å²) in [6, 6.07) is 0.877. The van der Waals surface area contributed by atoms with Gasteiger partial charge in [0, 0.05) is 6.04 Å². The van der Waals surface area contributed by atoms with Crippen molar-refractivity contribution in [1.29, 1.82) is 0 Å². The molecule has 1 saturated heterocycles. The monoisotopic (exact) mass is 168 g/mol. The van der Waals surface area contributed by atoms with E-state index in [4.69, 9.17) is 0 Å². The minimum atomic E-state index is 0.877. The molecule has 2 N–H and O–H groups in total. The van der Waals surface area contributed by atoms with E-state index in [9.17, 15) is 0 Å². The van der Waals surface area contributed by atoms with Crippen LogP contribution in [0.1, 0.15) is 26.2 Å². The zero-order valence-corrected chi connectivity index (χ0v) is 7.97. The molecule has 70 valence electrons. The van der Waals surface area contributed by atoms with Gasteiger partial charge in [0.05, 0.1) is 0 Å². The minimum Gasteiger partial charge on any atom is -0.316 e. The molecule has 1 aliphatic heterocycles. The third-order valence-electron chi connectivity index (χ3n) is 2.93. The number of nitrogens with one attached hydrogen (secondary N) is 2. The van der Waals surface area contributed by atoms with Crippen molar-refractivity contribution < 1.29 is 0 Å². The topological polar surface area (TPSA) is 24.1 Å². The summed E-state index contributed by atoms with van der Waals surface area (Å²) in [4.78, 5) is 0. The van der Waals surface area contributed by atoms with Gasteiger partial charge in [0.2, 0.25) is 0 Å². The Balaban J connectivity index is 1.64. The van der Waals surface area contributed by atoms with E-state index in [1.807, 2.05) is 0 Å². The summed E-state index contributed by atoms with van der Waals surface area (Å²) in [5.41, 5.74) is 0. The Morgan fingerprint density at radius 3 is 2.83 bits per heavy atom. The second-order valence-electron chi connectivity index (χ2n) is 4.55. The van der Waals surface area contributed by atoms with Gasteiger partial charge in [0.25, 0.3) is 0 Å². The molecule has 0 radical (unpaired) electrons. The lowest BCUT2D eigenvalue weighted by Crippen LogP contribution is -2.40. The van der Waals surface area contributed by atoms with Gasteiger partial charge in [-0.05, 0) is 50.7 Å². The summed E-state index contributed by atoms with van der Waals surface area (Å²) in [5, 5.41) is 7.10. The molecule has 2 heteroatoms. The van der Waals surface area contributed by atoms with Crippen LogP contribution in [-0.4, -0.2) is 25.7 Å². The first-order valence-corrected chi connectivity index (χ1v) is 5.28. The molecule has 2 nitrogen and oxygen atoms in total. The predicted molar refractivity (Wildman–Crippen MR) is 51.2 cm³/mol. The van der Waals surface area contributed by atoms with Gasteiger partial charge in [-0.15, -0.1) is 0 Å². The zero-order valence-electron chi connectivity index (χ0n) is 7.97. The fourth-order valence-electron chi connectivity index (χ4n) is 2.05. The quantitative estimate of drug-likeness (QED) is 0.656. The smallest absolute Gasteiger partial charge is 0.00683 e. The van der Waals surface area contributed by atoms with Crippen LogP contribution in [0.5, 0.6) is 0 Å². The van der Waals surface area contributed by atoms with Gasteiger partial charge in [0.1, 0.15) is 0 Å². The van der Waals surface area contributed by atoms with E-state index in [1.54, 1.807) is 0 Å². The van der Waals surface area contributed by atoms with E-state index in [2.05, 4.69) is 17.6 Å². The SMILES string of the molecule is CC1CNCC(CNC2CC2)C1. The van der Waals surface area contributed by atoms with Crippen LogP contribution in [0.4, 0.5) is 0 Å². The second-order valence-corrected chi connectivity index (χ2v) is 4.55. The highest BCUT2D eigenvalue weighted by molar-refractivity contribution is 4.83. The molecule has 0 aromatic heterocycles. The molecular weight excluding hydrogens is 148 g/mol. The third-order valence-corrected chi connectivity index (χ3v) is 2.93. The molecule has 2 unspecified atom stereocenters. The van der Waals surface area contributed by atoms with Crippen molar-refractivity contribution in [3.8, 4) is 0 Å². The van der Waals surface area contributed by atoms with Gasteiger partial charge in [-0.25, -0.2) is 0 Å². The first-order valence-electron chi connectivity index (χ1n) is 5.28. The van der Waals surface area contributed by atoms with E-state index >= 15 is 0 Å². The Labute approximate surface area is 75.1 Å². The molecule has 2 rings (SSSR count). The van der Waals surface area contributed by atoms with Gasteiger partial charge in [-0.2, -0.15) is 0 Å². The lowest BCUT2D eigenvalue weighted by molar-refractivity contribution is 0.293. The summed E-state index contributed by atoms with van der Waals surface area (Å²) in [7, 11) is 0. The van der Waals surface area contributed by atoms with Crippen LogP contribution in [0.25, 0.3) is 0 Å². The van der Waals surface area contributed by atoms with Crippen LogP contribution in [0.2, 0.25) is 0 Å². The van der Waals surface area contributed by atoms with E-state index in [0.717, 1.165) is 17.9 Å². The van der Waals surface area contributed by atoms with Crippen LogP contribution in [0, 0.1) is 11.8 Å². The third kappa shape index (κ3) is 2.46. The van der Waals surface area contributed by atoms with Gasteiger partial charge < -0.3 is 10.6 Å². The number of rotatable bonds is 3. The van der Waals surface area contributed by atoms with E-state index in [1.165, 1.54) is 38.9 Å².